The molecular formula is C29H19N3O5. The zero-order chi connectivity index (χ0) is 25.3. The molecule has 37 heavy (non-hydrogen) atoms. The van der Waals surface area contributed by atoms with Crippen LogP contribution in [0, 0.1) is 22.0 Å². The van der Waals surface area contributed by atoms with Crippen molar-refractivity contribution in [3.05, 3.63) is 123 Å². The van der Waals surface area contributed by atoms with Gasteiger partial charge in [0.05, 0.1) is 28.5 Å². The van der Waals surface area contributed by atoms with E-state index in [-0.39, 0.29) is 35.1 Å². The third kappa shape index (κ3) is 2.99. The van der Waals surface area contributed by atoms with Crippen LogP contribution >= 0.6 is 0 Å². The second-order valence-electron chi connectivity index (χ2n) is 9.47. The van der Waals surface area contributed by atoms with Crippen LogP contribution in [-0.4, -0.2) is 28.0 Å². The van der Waals surface area contributed by atoms with Crippen LogP contribution < -0.4 is 0 Å². The Bertz CT molecular complexity index is 1540. The molecule has 0 spiro atoms. The number of carbonyl (C=O) groups excluding carboxylic acids is 2. The van der Waals surface area contributed by atoms with E-state index < -0.39 is 16.8 Å². The Hall–Kier alpha value is -4.85. The van der Waals surface area contributed by atoms with E-state index in [1.165, 1.54) is 12.3 Å². The summed E-state index contributed by atoms with van der Waals surface area (Å²) in [5.74, 6) is -1.51. The summed E-state index contributed by atoms with van der Waals surface area (Å²) < 4.78 is 5.76. The van der Waals surface area contributed by atoms with Crippen molar-refractivity contribution in [1.29, 1.82) is 0 Å². The number of nitro benzene ring substituents is 1. The molecule has 3 aromatic carbocycles. The standard InChI is InChI=1S/C29H19N3O5/c33-28-26-24-17-7-1-2-8-18(17)25(20-10-4-3-9-19(20)24)27(26)29(34)31(28)30-15-16-13-14-23(37-16)21-11-5-6-12-22(21)32(35)36/h1-15,24-27H. The summed E-state index contributed by atoms with van der Waals surface area (Å²) in [6, 6.07) is 25.6. The van der Waals surface area contributed by atoms with Crippen LogP contribution in [0.2, 0.25) is 0 Å². The van der Waals surface area contributed by atoms with E-state index >= 15 is 0 Å². The summed E-state index contributed by atoms with van der Waals surface area (Å²) >= 11 is 0. The van der Waals surface area contributed by atoms with E-state index in [2.05, 4.69) is 29.4 Å². The fourth-order valence-electron chi connectivity index (χ4n) is 6.30. The summed E-state index contributed by atoms with van der Waals surface area (Å²) in [6.45, 7) is 0. The van der Waals surface area contributed by atoms with E-state index in [1.807, 2.05) is 24.3 Å². The van der Waals surface area contributed by atoms with Gasteiger partial charge in [0.25, 0.3) is 17.5 Å². The lowest BCUT2D eigenvalue weighted by molar-refractivity contribution is -0.384. The summed E-state index contributed by atoms with van der Waals surface area (Å²) in [5, 5.41) is 16.6. The van der Waals surface area contributed by atoms with E-state index in [9.17, 15) is 19.7 Å². The average Bonchev–Trinajstić information content (AvgIpc) is 3.50. The third-order valence-electron chi connectivity index (χ3n) is 7.72. The topological polar surface area (TPSA) is 106 Å². The van der Waals surface area contributed by atoms with Gasteiger partial charge in [-0.05, 0) is 40.5 Å². The highest BCUT2D eigenvalue weighted by Gasteiger charge is 2.61. The Morgan fingerprint density at radius 3 is 1.81 bits per heavy atom. The van der Waals surface area contributed by atoms with Crippen LogP contribution in [0.5, 0.6) is 0 Å². The lowest BCUT2D eigenvalue weighted by Crippen LogP contribution is -2.41. The number of rotatable bonds is 4. The largest absolute Gasteiger partial charge is 0.455 e. The van der Waals surface area contributed by atoms with E-state index in [1.54, 1.807) is 30.3 Å². The number of amides is 2. The molecule has 2 heterocycles. The van der Waals surface area contributed by atoms with Gasteiger partial charge in [0, 0.05) is 17.9 Å². The maximum Gasteiger partial charge on any atom is 0.280 e. The molecule has 1 saturated heterocycles. The molecule has 0 N–H and O–H groups in total. The predicted octanol–water partition coefficient (Wildman–Crippen LogP) is 5.08. The molecule has 180 valence electrons. The molecule has 2 bridgehead atoms. The highest BCUT2D eigenvalue weighted by atomic mass is 16.6. The molecule has 8 nitrogen and oxygen atoms in total. The minimum atomic E-state index is -0.515. The number of nitrogens with zero attached hydrogens (tertiary/aromatic N) is 3. The van der Waals surface area contributed by atoms with Crippen molar-refractivity contribution < 1.29 is 18.9 Å². The molecule has 1 aliphatic heterocycles. The summed E-state index contributed by atoms with van der Waals surface area (Å²) in [4.78, 5) is 38.1. The lowest BCUT2D eigenvalue weighted by atomic mass is 9.55. The summed E-state index contributed by atoms with van der Waals surface area (Å²) in [7, 11) is 0. The molecule has 1 fully saturated rings. The van der Waals surface area contributed by atoms with E-state index in [0.29, 0.717) is 11.3 Å². The Labute approximate surface area is 211 Å². The average molecular weight is 489 g/mol. The second-order valence-corrected chi connectivity index (χ2v) is 9.47. The highest BCUT2D eigenvalue weighted by molar-refractivity contribution is 6.08. The Kier molecular flexibility index (Phi) is 4.53. The second kappa shape index (κ2) is 7.83. The number of para-hydroxylation sites is 1. The summed E-state index contributed by atoms with van der Waals surface area (Å²) in [6.07, 6.45) is 1.31. The van der Waals surface area contributed by atoms with Crippen molar-refractivity contribution in [2.24, 2.45) is 16.9 Å². The molecule has 1 aromatic heterocycles. The Morgan fingerprint density at radius 1 is 0.757 bits per heavy atom. The number of carbonyl (C=O) groups is 2. The number of furan rings is 1. The molecule has 8 heteroatoms. The first-order valence-corrected chi connectivity index (χ1v) is 12.0. The number of hydrogen-bond acceptors (Lipinski definition) is 6. The van der Waals surface area contributed by atoms with Gasteiger partial charge in [0.1, 0.15) is 11.5 Å². The maximum absolute atomic E-state index is 13.6. The zero-order valence-corrected chi connectivity index (χ0v) is 19.4. The molecule has 4 aliphatic rings. The van der Waals surface area contributed by atoms with Crippen LogP contribution in [0.15, 0.2) is 94.4 Å². The number of benzene rings is 3. The smallest absolute Gasteiger partial charge is 0.280 e. The SMILES string of the molecule is O=C1C2C3c4ccccc4C(c4ccccc43)C2C(=O)N1N=Cc1ccc(-c2ccccc2[N+](=O)[O-])o1. The quantitative estimate of drug-likeness (QED) is 0.172. The van der Waals surface area contributed by atoms with Gasteiger partial charge in [0.2, 0.25) is 0 Å². The van der Waals surface area contributed by atoms with Crippen LogP contribution in [0.4, 0.5) is 5.69 Å². The normalized spacial score (nSPS) is 23.3. The van der Waals surface area contributed by atoms with Crippen LogP contribution in [0.25, 0.3) is 11.3 Å². The minimum absolute atomic E-state index is 0.0797. The number of hydrogen-bond donors (Lipinski definition) is 0. The van der Waals surface area contributed by atoms with E-state index in [4.69, 9.17) is 4.42 Å². The molecule has 3 aliphatic carbocycles. The summed E-state index contributed by atoms with van der Waals surface area (Å²) in [5.41, 5.74) is 4.64. The molecule has 2 atom stereocenters. The monoisotopic (exact) mass is 489 g/mol. The van der Waals surface area contributed by atoms with Crippen molar-refractivity contribution in [2.45, 2.75) is 11.8 Å². The first-order valence-electron chi connectivity index (χ1n) is 12.0. The van der Waals surface area contributed by atoms with Gasteiger partial charge >= 0.3 is 0 Å². The molecule has 8 rings (SSSR count). The third-order valence-corrected chi connectivity index (χ3v) is 7.72. The van der Waals surface area contributed by atoms with Gasteiger partial charge in [-0.15, -0.1) is 0 Å². The van der Waals surface area contributed by atoms with Crippen molar-refractivity contribution in [1.82, 2.24) is 5.01 Å². The molecular weight excluding hydrogens is 470 g/mol. The van der Waals surface area contributed by atoms with Gasteiger partial charge in [-0.1, -0.05) is 60.7 Å². The van der Waals surface area contributed by atoms with Crippen LogP contribution in [0.3, 0.4) is 0 Å². The number of nitro groups is 1. The number of imide groups is 1. The predicted molar refractivity (Wildman–Crippen MR) is 134 cm³/mol. The van der Waals surface area contributed by atoms with Gasteiger partial charge in [-0.25, -0.2) is 0 Å². The minimum Gasteiger partial charge on any atom is -0.455 e. The highest BCUT2D eigenvalue weighted by Crippen LogP contribution is 2.60. The first kappa shape index (κ1) is 21.4. The van der Waals surface area contributed by atoms with Gasteiger partial charge in [-0.3, -0.25) is 19.7 Å². The number of hydrazone groups is 1. The first-order chi connectivity index (χ1) is 18.0. The Balaban J connectivity index is 1.23. The Morgan fingerprint density at radius 2 is 1.27 bits per heavy atom. The van der Waals surface area contributed by atoms with Crippen LogP contribution in [0.1, 0.15) is 39.8 Å². The molecule has 0 radical (unpaired) electrons. The van der Waals surface area contributed by atoms with Crippen molar-refractivity contribution in [2.75, 3.05) is 0 Å². The maximum atomic E-state index is 13.6. The fraction of sp³-hybridized carbons (Fsp3) is 0.138. The van der Waals surface area contributed by atoms with Crippen molar-refractivity contribution >= 4 is 23.7 Å². The van der Waals surface area contributed by atoms with E-state index in [0.717, 1.165) is 27.3 Å². The van der Waals surface area contributed by atoms with Crippen LogP contribution in [-0.2, 0) is 9.59 Å². The van der Waals surface area contributed by atoms with Gasteiger partial charge < -0.3 is 4.42 Å². The fourth-order valence-corrected chi connectivity index (χ4v) is 6.30. The molecule has 2 amide bonds. The zero-order valence-electron chi connectivity index (χ0n) is 19.4. The van der Waals surface area contributed by atoms with Crippen molar-refractivity contribution in [3.63, 3.8) is 0 Å². The molecule has 0 saturated carbocycles. The van der Waals surface area contributed by atoms with Gasteiger partial charge in [0.15, 0.2) is 0 Å². The lowest BCUT2D eigenvalue weighted by Gasteiger charge is -2.45. The molecule has 4 aromatic rings. The van der Waals surface area contributed by atoms with Crippen molar-refractivity contribution in [3.8, 4) is 11.3 Å². The van der Waals surface area contributed by atoms with Gasteiger partial charge in [-0.2, -0.15) is 10.1 Å². The molecule has 2 unspecified atom stereocenters.